The Labute approximate surface area is 196 Å². The third-order valence-corrected chi connectivity index (χ3v) is 5.11. The second kappa shape index (κ2) is 8.89. The fourth-order valence-electron chi connectivity index (χ4n) is 3.34. The van der Waals surface area contributed by atoms with E-state index >= 15 is 0 Å². The molecule has 10 heteroatoms. The Balaban J connectivity index is 1.57. The van der Waals surface area contributed by atoms with Crippen molar-refractivity contribution in [1.29, 1.82) is 0 Å². The van der Waals surface area contributed by atoms with E-state index in [1.165, 1.54) is 26.1 Å². The van der Waals surface area contributed by atoms with Crippen LogP contribution in [0.4, 0.5) is 27.5 Å². The number of nitrogen functional groups attached to an aromatic ring is 1. The second-order valence-electron chi connectivity index (χ2n) is 8.37. The summed E-state index contributed by atoms with van der Waals surface area (Å²) in [5.41, 5.74) is 7.67. The van der Waals surface area contributed by atoms with Gasteiger partial charge in [-0.05, 0) is 57.5 Å². The molecular formula is C24H25FN8O. The van der Waals surface area contributed by atoms with Crippen LogP contribution in [-0.2, 0) is 5.67 Å². The largest absolute Gasteiger partial charge is 0.368 e. The monoisotopic (exact) mass is 460 g/mol. The third kappa shape index (κ3) is 5.01. The molecule has 0 aliphatic carbocycles. The van der Waals surface area contributed by atoms with Crippen molar-refractivity contribution in [1.82, 2.24) is 24.7 Å². The van der Waals surface area contributed by atoms with Crippen LogP contribution in [0.2, 0.25) is 0 Å². The first-order valence-corrected chi connectivity index (χ1v) is 10.6. The molecule has 174 valence electrons. The lowest BCUT2D eigenvalue weighted by Crippen LogP contribution is -2.16. The molecule has 0 aliphatic heterocycles. The maximum absolute atomic E-state index is 14.2. The summed E-state index contributed by atoms with van der Waals surface area (Å²) in [4.78, 5) is 25.2. The van der Waals surface area contributed by atoms with Gasteiger partial charge in [-0.2, -0.15) is 14.8 Å². The van der Waals surface area contributed by atoms with Crippen molar-refractivity contribution in [2.45, 2.75) is 33.4 Å². The Bertz CT molecular complexity index is 1340. The van der Waals surface area contributed by atoms with Crippen molar-refractivity contribution in [3.8, 4) is 5.82 Å². The molecule has 34 heavy (non-hydrogen) atoms. The Kier molecular flexibility index (Phi) is 5.97. The van der Waals surface area contributed by atoms with E-state index in [-0.39, 0.29) is 17.5 Å². The van der Waals surface area contributed by atoms with E-state index in [4.69, 9.17) is 5.73 Å². The Morgan fingerprint density at radius 1 is 1.06 bits per heavy atom. The van der Waals surface area contributed by atoms with Crippen LogP contribution in [0.5, 0.6) is 0 Å². The molecule has 0 aliphatic rings. The predicted octanol–water partition coefficient (Wildman–Crippen LogP) is 4.46. The summed E-state index contributed by atoms with van der Waals surface area (Å²) in [6.07, 6.45) is 3.07. The van der Waals surface area contributed by atoms with Crippen molar-refractivity contribution in [2.75, 3.05) is 16.4 Å². The number of carbonyl (C=O) groups excluding carboxylic acids is 1. The van der Waals surface area contributed by atoms with Crippen LogP contribution in [0.25, 0.3) is 5.82 Å². The van der Waals surface area contributed by atoms with Gasteiger partial charge in [-0.3, -0.25) is 9.78 Å². The molecule has 0 saturated heterocycles. The number of aromatic nitrogens is 5. The highest BCUT2D eigenvalue weighted by Crippen LogP contribution is 2.27. The number of rotatable bonds is 6. The van der Waals surface area contributed by atoms with Crippen LogP contribution in [0.15, 0.2) is 54.9 Å². The average Bonchev–Trinajstić information content (AvgIpc) is 3.23. The minimum absolute atomic E-state index is 0.160. The van der Waals surface area contributed by atoms with E-state index in [1.807, 2.05) is 26.0 Å². The van der Waals surface area contributed by atoms with Gasteiger partial charge in [-0.25, -0.2) is 9.37 Å². The molecular weight excluding hydrogens is 435 g/mol. The van der Waals surface area contributed by atoms with E-state index in [0.29, 0.717) is 22.9 Å². The molecule has 0 spiro atoms. The molecule has 4 aromatic rings. The van der Waals surface area contributed by atoms with Gasteiger partial charge in [0, 0.05) is 41.0 Å². The summed E-state index contributed by atoms with van der Waals surface area (Å²) in [6, 6.07) is 12.1. The number of amides is 1. The van der Waals surface area contributed by atoms with Crippen molar-refractivity contribution in [3.63, 3.8) is 0 Å². The fourth-order valence-corrected chi connectivity index (χ4v) is 3.34. The summed E-state index contributed by atoms with van der Waals surface area (Å²) >= 11 is 0. The van der Waals surface area contributed by atoms with Gasteiger partial charge in [0.1, 0.15) is 11.5 Å². The van der Waals surface area contributed by atoms with E-state index in [9.17, 15) is 9.18 Å². The lowest BCUT2D eigenvalue weighted by Gasteiger charge is -2.15. The number of carbonyl (C=O) groups is 1. The van der Waals surface area contributed by atoms with Gasteiger partial charge < -0.3 is 16.4 Å². The summed E-state index contributed by atoms with van der Waals surface area (Å²) in [6.45, 7) is 6.57. The van der Waals surface area contributed by atoms with Gasteiger partial charge in [0.2, 0.25) is 5.95 Å². The molecule has 4 N–H and O–H groups in total. The molecule has 1 amide bonds. The van der Waals surface area contributed by atoms with Crippen LogP contribution >= 0.6 is 0 Å². The van der Waals surface area contributed by atoms with Gasteiger partial charge in [0.25, 0.3) is 5.91 Å². The summed E-state index contributed by atoms with van der Waals surface area (Å²) < 4.78 is 15.9. The number of benzene rings is 1. The number of alkyl halides is 1. The summed E-state index contributed by atoms with van der Waals surface area (Å²) in [7, 11) is 0. The molecule has 0 radical (unpaired) electrons. The molecule has 1 aromatic carbocycles. The molecule has 4 rings (SSSR count). The number of nitrogens with zero attached hydrogens (tertiary/aromatic N) is 5. The van der Waals surface area contributed by atoms with Crippen LogP contribution in [0, 0.1) is 13.8 Å². The van der Waals surface area contributed by atoms with Crippen molar-refractivity contribution in [3.05, 3.63) is 77.4 Å². The first-order chi connectivity index (χ1) is 16.1. The first kappa shape index (κ1) is 22.8. The molecule has 0 fully saturated rings. The Hall–Kier alpha value is -4.34. The van der Waals surface area contributed by atoms with E-state index in [1.54, 1.807) is 35.1 Å². The fraction of sp³-hybridized carbons (Fsp3) is 0.208. The first-order valence-electron chi connectivity index (χ1n) is 10.6. The lowest BCUT2D eigenvalue weighted by atomic mass is 10.0. The van der Waals surface area contributed by atoms with Gasteiger partial charge in [0.15, 0.2) is 5.82 Å². The summed E-state index contributed by atoms with van der Waals surface area (Å²) in [5, 5.41) is 10.5. The zero-order valence-corrected chi connectivity index (χ0v) is 19.3. The number of aryl methyl sites for hydroxylation is 2. The van der Waals surface area contributed by atoms with Crippen LogP contribution < -0.4 is 16.4 Å². The molecule has 0 saturated carbocycles. The van der Waals surface area contributed by atoms with Crippen LogP contribution in [-0.4, -0.2) is 30.6 Å². The van der Waals surface area contributed by atoms with Gasteiger partial charge in [-0.15, -0.1) is 0 Å². The number of anilines is 4. The average molecular weight is 461 g/mol. The number of nitrogens with one attached hydrogen (secondary N) is 2. The predicted molar refractivity (Wildman–Crippen MR) is 129 cm³/mol. The number of hydrogen-bond donors (Lipinski definition) is 3. The van der Waals surface area contributed by atoms with Crippen molar-refractivity contribution < 1.29 is 9.18 Å². The highest BCUT2D eigenvalue weighted by atomic mass is 19.1. The molecule has 3 heterocycles. The van der Waals surface area contributed by atoms with Gasteiger partial charge in [-0.1, -0.05) is 6.07 Å². The minimum Gasteiger partial charge on any atom is -0.368 e. The molecule has 3 aromatic heterocycles. The number of hydrogen-bond acceptors (Lipinski definition) is 7. The highest BCUT2D eigenvalue weighted by Gasteiger charge is 2.22. The quantitative estimate of drug-likeness (QED) is 0.388. The highest BCUT2D eigenvalue weighted by molar-refractivity contribution is 6.04. The number of nitrogens with two attached hydrogens (primary N) is 1. The Morgan fingerprint density at radius 3 is 2.59 bits per heavy atom. The third-order valence-electron chi connectivity index (χ3n) is 5.11. The molecule has 0 bridgehead atoms. The van der Waals surface area contributed by atoms with Crippen molar-refractivity contribution >= 4 is 29.0 Å². The van der Waals surface area contributed by atoms with E-state index in [0.717, 1.165) is 16.9 Å². The smallest absolute Gasteiger partial charge is 0.255 e. The topological polar surface area (TPSA) is 124 Å². The minimum atomic E-state index is -1.65. The van der Waals surface area contributed by atoms with Crippen LogP contribution in [0.1, 0.15) is 41.2 Å². The van der Waals surface area contributed by atoms with Gasteiger partial charge >= 0.3 is 0 Å². The zero-order chi connectivity index (χ0) is 24.5. The van der Waals surface area contributed by atoms with E-state index < -0.39 is 5.67 Å². The maximum atomic E-state index is 14.2. The molecule has 9 nitrogen and oxygen atoms in total. The normalized spacial score (nSPS) is 11.3. The van der Waals surface area contributed by atoms with E-state index in [2.05, 4.69) is 30.7 Å². The van der Waals surface area contributed by atoms with Crippen LogP contribution in [0.3, 0.4) is 0 Å². The second-order valence-corrected chi connectivity index (χ2v) is 8.37. The standard InChI is InChI=1S/C24H25FN8O/c1-14-5-6-17(30-22(34)16-7-9-27-19(12-16)24(3,4)25)13-18(14)31-20-8-10-28-33(20)21-11-15(2)29-23(26)32-21/h5-13,31H,1-4H3,(H,30,34)(H2,26,29,32). The number of halogens is 1. The SMILES string of the molecule is Cc1cc(-n2nccc2Nc2cc(NC(=O)c3ccnc(C(C)(C)F)c3)ccc2C)nc(N)n1. The molecule has 0 unspecified atom stereocenters. The summed E-state index contributed by atoms with van der Waals surface area (Å²) in [5.74, 6) is 0.990. The molecule has 0 atom stereocenters. The lowest BCUT2D eigenvalue weighted by molar-refractivity contribution is 0.102. The zero-order valence-electron chi connectivity index (χ0n) is 19.3. The Morgan fingerprint density at radius 2 is 1.85 bits per heavy atom. The van der Waals surface area contributed by atoms with Gasteiger partial charge in [0.05, 0.1) is 11.9 Å². The van der Waals surface area contributed by atoms with Crippen molar-refractivity contribution in [2.24, 2.45) is 0 Å². The number of pyridine rings is 1. The maximum Gasteiger partial charge on any atom is 0.255 e.